The molecule has 1 aromatic carbocycles. The molecule has 0 aliphatic carbocycles. The Morgan fingerprint density at radius 1 is 0.967 bits per heavy atom. The van der Waals surface area contributed by atoms with E-state index in [1.165, 1.54) is 18.5 Å². The Labute approximate surface area is 179 Å². The van der Waals surface area contributed by atoms with Gasteiger partial charge in [0.05, 0.1) is 4.90 Å². The molecule has 3 aromatic rings. The van der Waals surface area contributed by atoms with Gasteiger partial charge in [-0.05, 0) is 42.7 Å². The highest BCUT2D eigenvalue weighted by Gasteiger charge is 2.40. The summed E-state index contributed by atoms with van der Waals surface area (Å²) in [6.45, 7) is 1.22. The van der Waals surface area contributed by atoms with Crippen LogP contribution >= 0.6 is 11.6 Å². The van der Waals surface area contributed by atoms with Gasteiger partial charge in [0.1, 0.15) is 6.33 Å². The largest absolute Gasteiger partial charge is 0.311 e. The predicted molar refractivity (Wildman–Crippen MR) is 113 cm³/mol. The Morgan fingerprint density at radius 2 is 1.70 bits per heavy atom. The van der Waals surface area contributed by atoms with E-state index in [0.29, 0.717) is 24.7 Å². The van der Waals surface area contributed by atoms with Crippen molar-refractivity contribution in [2.45, 2.75) is 23.8 Å². The fourth-order valence-corrected chi connectivity index (χ4v) is 6.29. The minimum absolute atomic E-state index is 0.0608. The van der Waals surface area contributed by atoms with Crippen molar-refractivity contribution < 1.29 is 8.42 Å². The SMILES string of the molecule is O=c1ccc(-c2cncnc2)c2n1C[C@@H]1C[C@@H]2CN(S(=O)(=O)c2ccc(Cl)cc2)C1. The third-order valence-corrected chi connectivity index (χ3v) is 7.98. The molecular weight excluding hydrogens is 424 g/mol. The monoisotopic (exact) mass is 442 g/mol. The first kappa shape index (κ1) is 19.4. The fraction of sp³-hybridized carbons (Fsp3) is 0.286. The van der Waals surface area contributed by atoms with Crippen LogP contribution in [0.5, 0.6) is 0 Å². The van der Waals surface area contributed by atoms with Gasteiger partial charge in [0, 0.05) is 65.9 Å². The summed E-state index contributed by atoms with van der Waals surface area (Å²) >= 11 is 5.92. The maximum atomic E-state index is 13.3. The van der Waals surface area contributed by atoms with Gasteiger partial charge in [0.15, 0.2) is 0 Å². The quantitative estimate of drug-likeness (QED) is 0.622. The number of rotatable bonds is 3. The highest BCUT2D eigenvalue weighted by molar-refractivity contribution is 7.89. The molecule has 5 rings (SSSR count). The summed E-state index contributed by atoms with van der Waals surface area (Å²) in [5, 5.41) is 0.493. The van der Waals surface area contributed by atoms with Crippen molar-refractivity contribution >= 4 is 21.6 Å². The second kappa shape index (κ2) is 7.30. The molecule has 0 radical (unpaired) electrons. The number of nitrogens with zero attached hydrogens (tertiary/aromatic N) is 4. The van der Waals surface area contributed by atoms with Gasteiger partial charge in [-0.15, -0.1) is 0 Å². The van der Waals surface area contributed by atoms with Gasteiger partial charge in [-0.1, -0.05) is 11.6 Å². The summed E-state index contributed by atoms with van der Waals surface area (Å²) in [4.78, 5) is 21.0. The Balaban J connectivity index is 1.57. The number of piperidine rings is 1. The average molecular weight is 443 g/mol. The number of benzene rings is 1. The first-order valence-corrected chi connectivity index (χ1v) is 11.5. The maximum absolute atomic E-state index is 13.3. The molecule has 2 aliphatic heterocycles. The molecule has 1 fully saturated rings. The van der Waals surface area contributed by atoms with E-state index in [0.717, 1.165) is 23.2 Å². The van der Waals surface area contributed by atoms with Gasteiger partial charge in [0.25, 0.3) is 5.56 Å². The van der Waals surface area contributed by atoms with E-state index in [-0.39, 0.29) is 22.3 Å². The van der Waals surface area contributed by atoms with Crippen LogP contribution in [0.2, 0.25) is 5.02 Å². The van der Waals surface area contributed by atoms with Crippen LogP contribution in [-0.4, -0.2) is 40.3 Å². The molecule has 0 N–H and O–H groups in total. The number of hydrogen-bond acceptors (Lipinski definition) is 5. The van der Waals surface area contributed by atoms with E-state index >= 15 is 0 Å². The van der Waals surface area contributed by atoms with Crippen LogP contribution in [0.1, 0.15) is 18.0 Å². The second-order valence-corrected chi connectivity index (χ2v) is 10.2. The first-order valence-electron chi connectivity index (χ1n) is 9.68. The van der Waals surface area contributed by atoms with E-state index in [9.17, 15) is 13.2 Å². The lowest BCUT2D eigenvalue weighted by Gasteiger charge is -2.42. The molecule has 7 nitrogen and oxygen atoms in total. The zero-order chi connectivity index (χ0) is 20.9. The van der Waals surface area contributed by atoms with Crippen molar-refractivity contribution in [3.05, 3.63) is 76.2 Å². The fourth-order valence-electron chi connectivity index (χ4n) is 4.61. The van der Waals surface area contributed by atoms with Crippen molar-refractivity contribution in [1.29, 1.82) is 0 Å². The zero-order valence-corrected chi connectivity index (χ0v) is 17.6. The summed E-state index contributed by atoms with van der Waals surface area (Å²) in [6.07, 6.45) is 5.73. The van der Waals surface area contributed by atoms with E-state index in [1.54, 1.807) is 45.5 Å². The minimum Gasteiger partial charge on any atom is -0.311 e. The molecule has 0 saturated carbocycles. The standard InChI is InChI=1S/C21H19ClN4O3S/c22-17-1-3-18(4-2-17)30(28,29)25-10-14-7-15(12-25)21-19(16-8-23-13-24-9-16)5-6-20(27)26(21)11-14/h1-6,8-9,13-15H,7,10-12H2/t14-,15-/m1/s1. The lowest BCUT2D eigenvalue weighted by molar-refractivity contribution is 0.187. The first-order chi connectivity index (χ1) is 14.4. The lowest BCUT2D eigenvalue weighted by atomic mass is 9.81. The van der Waals surface area contributed by atoms with Crippen molar-refractivity contribution in [3.8, 4) is 11.1 Å². The van der Waals surface area contributed by atoms with E-state index in [1.807, 2.05) is 0 Å². The molecule has 2 atom stereocenters. The Kier molecular flexibility index (Phi) is 4.72. The van der Waals surface area contributed by atoms with E-state index < -0.39 is 10.0 Å². The minimum atomic E-state index is -3.65. The van der Waals surface area contributed by atoms with Gasteiger partial charge in [0.2, 0.25) is 10.0 Å². The van der Waals surface area contributed by atoms with Gasteiger partial charge in [-0.25, -0.2) is 18.4 Å². The van der Waals surface area contributed by atoms with Crippen LogP contribution in [0.15, 0.2) is 64.8 Å². The molecule has 0 spiro atoms. The Morgan fingerprint density at radius 3 is 2.43 bits per heavy atom. The van der Waals surface area contributed by atoms with E-state index in [4.69, 9.17) is 11.6 Å². The Bertz CT molecular complexity index is 1260. The average Bonchev–Trinajstić information content (AvgIpc) is 2.75. The highest BCUT2D eigenvalue weighted by atomic mass is 35.5. The molecule has 0 unspecified atom stereocenters. The smallest absolute Gasteiger partial charge is 0.250 e. The number of pyridine rings is 1. The van der Waals surface area contributed by atoms with Crippen molar-refractivity contribution in [2.75, 3.05) is 13.1 Å². The van der Waals surface area contributed by atoms with Crippen LogP contribution in [0, 0.1) is 5.92 Å². The van der Waals surface area contributed by atoms with Gasteiger partial charge in [-0.3, -0.25) is 4.79 Å². The number of halogens is 1. The molecule has 4 heterocycles. The third-order valence-electron chi connectivity index (χ3n) is 5.88. The summed E-state index contributed by atoms with van der Waals surface area (Å²) in [6, 6.07) is 9.60. The van der Waals surface area contributed by atoms with Gasteiger partial charge < -0.3 is 4.57 Å². The van der Waals surface area contributed by atoms with Gasteiger partial charge in [-0.2, -0.15) is 4.31 Å². The summed E-state index contributed by atoms with van der Waals surface area (Å²) in [7, 11) is -3.65. The summed E-state index contributed by atoms with van der Waals surface area (Å²) in [5.41, 5.74) is 2.50. The van der Waals surface area contributed by atoms with Crippen molar-refractivity contribution in [3.63, 3.8) is 0 Å². The molecule has 30 heavy (non-hydrogen) atoms. The lowest BCUT2D eigenvalue weighted by Crippen LogP contribution is -2.49. The van der Waals surface area contributed by atoms with Crippen molar-refractivity contribution in [1.82, 2.24) is 18.8 Å². The van der Waals surface area contributed by atoms with E-state index in [2.05, 4.69) is 9.97 Å². The molecule has 2 bridgehead atoms. The van der Waals surface area contributed by atoms with Crippen LogP contribution in [0.4, 0.5) is 0 Å². The topological polar surface area (TPSA) is 85.2 Å². The predicted octanol–water partition coefficient (Wildman–Crippen LogP) is 2.77. The van der Waals surface area contributed by atoms with Crippen LogP contribution in [0.3, 0.4) is 0 Å². The number of hydrogen-bond donors (Lipinski definition) is 0. The van der Waals surface area contributed by atoms with Crippen molar-refractivity contribution in [2.24, 2.45) is 5.92 Å². The van der Waals surface area contributed by atoms with Crippen LogP contribution in [0.25, 0.3) is 11.1 Å². The highest BCUT2D eigenvalue weighted by Crippen LogP contribution is 2.41. The zero-order valence-electron chi connectivity index (χ0n) is 16.0. The normalized spacial score (nSPS) is 21.2. The molecule has 9 heteroatoms. The molecule has 0 amide bonds. The second-order valence-electron chi connectivity index (χ2n) is 7.78. The molecule has 154 valence electrons. The molecule has 2 aromatic heterocycles. The number of aromatic nitrogens is 3. The molecule has 2 aliphatic rings. The summed E-state index contributed by atoms with van der Waals surface area (Å²) < 4.78 is 29.9. The van der Waals surface area contributed by atoms with Crippen LogP contribution in [-0.2, 0) is 16.6 Å². The number of fused-ring (bicyclic) bond motifs is 4. The Hall–Kier alpha value is -2.55. The molecule has 1 saturated heterocycles. The van der Waals surface area contributed by atoms with Gasteiger partial charge >= 0.3 is 0 Å². The molecular formula is C21H19ClN4O3S. The summed E-state index contributed by atoms with van der Waals surface area (Å²) in [5.74, 6) is 0.00183. The number of sulfonamides is 1. The third kappa shape index (κ3) is 3.25. The maximum Gasteiger partial charge on any atom is 0.250 e. The van der Waals surface area contributed by atoms with Crippen LogP contribution < -0.4 is 5.56 Å².